The van der Waals surface area contributed by atoms with Crippen LogP contribution in [0.15, 0.2) is 48.5 Å². The zero-order valence-corrected chi connectivity index (χ0v) is 15.1. The monoisotopic (exact) mass is 328 g/mol. The molecule has 2 aromatic rings. The molecule has 0 amide bonds. The van der Waals surface area contributed by atoms with E-state index in [0.29, 0.717) is 19.1 Å². The molecule has 0 radical (unpaired) electrons. The van der Waals surface area contributed by atoms with Crippen LogP contribution in [-0.2, 0) is 4.74 Å². The van der Waals surface area contributed by atoms with Gasteiger partial charge in [0.25, 0.3) is 0 Å². The number of benzene rings is 2. The summed E-state index contributed by atoms with van der Waals surface area (Å²) in [6, 6.07) is 16.2. The fourth-order valence-corrected chi connectivity index (χ4v) is 2.42. The summed E-state index contributed by atoms with van der Waals surface area (Å²) in [5.74, 6) is 2.30. The average Bonchev–Trinajstić information content (AvgIpc) is 2.60. The van der Waals surface area contributed by atoms with Gasteiger partial charge in [-0.1, -0.05) is 44.2 Å². The Hall–Kier alpha value is -2.00. The Bertz CT molecular complexity index is 607. The summed E-state index contributed by atoms with van der Waals surface area (Å²) < 4.78 is 17.2. The van der Waals surface area contributed by atoms with Crippen LogP contribution in [0.2, 0.25) is 0 Å². The Kier molecular flexibility index (Phi) is 7.13. The third kappa shape index (κ3) is 5.57. The van der Waals surface area contributed by atoms with E-state index in [-0.39, 0.29) is 6.29 Å². The fraction of sp³-hybridized carbons (Fsp3) is 0.429. The van der Waals surface area contributed by atoms with Crippen molar-refractivity contribution in [3.8, 4) is 11.5 Å². The summed E-state index contributed by atoms with van der Waals surface area (Å²) >= 11 is 0. The lowest BCUT2D eigenvalue weighted by Gasteiger charge is -2.17. The third-order valence-electron chi connectivity index (χ3n) is 4.15. The molecule has 2 aromatic carbocycles. The van der Waals surface area contributed by atoms with Gasteiger partial charge in [-0.3, -0.25) is 0 Å². The molecule has 0 aliphatic carbocycles. The summed E-state index contributed by atoms with van der Waals surface area (Å²) in [6.45, 7) is 9.35. The van der Waals surface area contributed by atoms with Crippen molar-refractivity contribution in [1.29, 1.82) is 0 Å². The van der Waals surface area contributed by atoms with Crippen molar-refractivity contribution in [3.05, 3.63) is 59.7 Å². The molecule has 0 aliphatic heterocycles. The maximum atomic E-state index is 5.78. The Morgan fingerprint density at radius 1 is 0.917 bits per heavy atom. The maximum absolute atomic E-state index is 5.78. The molecule has 0 saturated carbocycles. The normalized spacial score (nSPS) is 13.3. The number of hydrogen-bond donors (Lipinski definition) is 0. The molecule has 2 rings (SSSR count). The Labute approximate surface area is 145 Å². The minimum atomic E-state index is -0.306. The predicted molar refractivity (Wildman–Crippen MR) is 97.9 cm³/mol. The standard InChI is InChI=1S/C21H28O3/c1-5-16(2)19-10-12-20(13-11-19)24-18(4)22-14-15-23-21-9-7-6-8-17(21)3/h6-13,16,18H,5,14-15H2,1-4H3. The number of para-hydroxylation sites is 1. The number of aryl methyl sites for hydroxylation is 1. The summed E-state index contributed by atoms with van der Waals surface area (Å²) in [7, 11) is 0. The lowest BCUT2D eigenvalue weighted by molar-refractivity contribution is -0.0739. The minimum Gasteiger partial charge on any atom is -0.491 e. The molecule has 0 bridgehead atoms. The van der Waals surface area contributed by atoms with Gasteiger partial charge < -0.3 is 14.2 Å². The molecule has 0 N–H and O–H groups in total. The van der Waals surface area contributed by atoms with Crippen LogP contribution >= 0.6 is 0 Å². The van der Waals surface area contributed by atoms with Crippen molar-refractivity contribution in [2.75, 3.05) is 13.2 Å². The van der Waals surface area contributed by atoms with E-state index in [1.807, 2.05) is 50.2 Å². The minimum absolute atomic E-state index is 0.306. The van der Waals surface area contributed by atoms with Gasteiger partial charge >= 0.3 is 0 Å². The largest absolute Gasteiger partial charge is 0.491 e. The van der Waals surface area contributed by atoms with E-state index in [0.717, 1.165) is 23.5 Å². The van der Waals surface area contributed by atoms with Crippen molar-refractivity contribution in [2.24, 2.45) is 0 Å². The van der Waals surface area contributed by atoms with E-state index in [2.05, 4.69) is 26.0 Å². The SMILES string of the molecule is CCC(C)c1ccc(OC(C)OCCOc2ccccc2C)cc1. The Morgan fingerprint density at radius 3 is 2.29 bits per heavy atom. The number of hydrogen-bond acceptors (Lipinski definition) is 3. The summed E-state index contributed by atoms with van der Waals surface area (Å²) in [6.07, 6.45) is 0.834. The van der Waals surface area contributed by atoms with Gasteiger partial charge in [-0.2, -0.15) is 0 Å². The lowest BCUT2D eigenvalue weighted by Crippen LogP contribution is -2.20. The van der Waals surface area contributed by atoms with E-state index in [1.54, 1.807) is 0 Å². The van der Waals surface area contributed by atoms with Gasteiger partial charge in [0, 0.05) is 0 Å². The van der Waals surface area contributed by atoms with Crippen molar-refractivity contribution in [2.45, 2.75) is 46.3 Å². The second-order valence-electron chi connectivity index (χ2n) is 6.05. The topological polar surface area (TPSA) is 27.7 Å². The van der Waals surface area contributed by atoms with E-state index in [9.17, 15) is 0 Å². The van der Waals surface area contributed by atoms with Crippen LogP contribution in [0.1, 0.15) is 44.2 Å². The van der Waals surface area contributed by atoms with E-state index >= 15 is 0 Å². The number of ether oxygens (including phenoxy) is 3. The van der Waals surface area contributed by atoms with Gasteiger partial charge in [-0.05, 0) is 55.5 Å². The zero-order valence-electron chi connectivity index (χ0n) is 15.1. The molecule has 0 saturated heterocycles. The van der Waals surface area contributed by atoms with Crippen molar-refractivity contribution < 1.29 is 14.2 Å². The first-order valence-electron chi connectivity index (χ1n) is 8.66. The van der Waals surface area contributed by atoms with Gasteiger partial charge in [0.2, 0.25) is 0 Å². The van der Waals surface area contributed by atoms with Gasteiger partial charge in [-0.25, -0.2) is 0 Å². The molecule has 130 valence electrons. The van der Waals surface area contributed by atoms with E-state index < -0.39 is 0 Å². The highest BCUT2D eigenvalue weighted by atomic mass is 16.7. The quantitative estimate of drug-likeness (QED) is 0.460. The predicted octanol–water partition coefficient (Wildman–Crippen LogP) is 5.33. The van der Waals surface area contributed by atoms with Crippen LogP contribution in [0.25, 0.3) is 0 Å². The molecule has 0 spiro atoms. The third-order valence-corrected chi connectivity index (χ3v) is 4.15. The summed E-state index contributed by atoms with van der Waals surface area (Å²) in [5, 5.41) is 0. The summed E-state index contributed by atoms with van der Waals surface area (Å²) in [4.78, 5) is 0. The van der Waals surface area contributed by atoms with Crippen molar-refractivity contribution in [1.82, 2.24) is 0 Å². The lowest BCUT2D eigenvalue weighted by atomic mass is 9.99. The highest BCUT2D eigenvalue weighted by Crippen LogP contribution is 2.22. The van der Waals surface area contributed by atoms with Gasteiger partial charge in [0.1, 0.15) is 18.1 Å². The van der Waals surface area contributed by atoms with Crippen LogP contribution in [-0.4, -0.2) is 19.5 Å². The molecule has 0 aromatic heterocycles. The van der Waals surface area contributed by atoms with Crippen LogP contribution < -0.4 is 9.47 Å². The van der Waals surface area contributed by atoms with Crippen LogP contribution in [0.5, 0.6) is 11.5 Å². The Balaban J connectivity index is 1.71. The van der Waals surface area contributed by atoms with Crippen LogP contribution in [0.4, 0.5) is 0 Å². The molecular formula is C21H28O3. The maximum Gasteiger partial charge on any atom is 0.197 e. The first-order chi connectivity index (χ1) is 11.6. The van der Waals surface area contributed by atoms with Gasteiger partial charge in [0.05, 0.1) is 6.61 Å². The molecule has 0 fully saturated rings. The number of rotatable bonds is 9. The average molecular weight is 328 g/mol. The highest BCUT2D eigenvalue weighted by Gasteiger charge is 2.07. The van der Waals surface area contributed by atoms with Gasteiger partial charge in [0.15, 0.2) is 6.29 Å². The molecule has 24 heavy (non-hydrogen) atoms. The van der Waals surface area contributed by atoms with Crippen molar-refractivity contribution in [3.63, 3.8) is 0 Å². The first-order valence-corrected chi connectivity index (χ1v) is 8.66. The summed E-state index contributed by atoms with van der Waals surface area (Å²) in [5.41, 5.74) is 2.47. The van der Waals surface area contributed by atoms with Crippen LogP contribution in [0, 0.1) is 6.92 Å². The molecule has 3 heteroatoms. The smallest absolute Gasteiger partial charge is 0.197 e. The molecule has 2 atom stereocenters. The van der Waals surface area contributed by atoms with E-state index in [4.69, 9.17) is 14.2 Å². The highest BCUT2D eigenvalue weighted by molar-refractivity contribution is 5.31. The molecule has 3 nitrogen and oxygen atoms in total. The van der Waals surface area contributed by atoms with Gasteiger partial charge in [-0.15, -0.1) is 0 Å². The molecular weight excluding hydrogens is 300 g/mol. The molecule has 0 heterocycles. The molecule has 2 unspecified atom stereocenters. The van der Waals surface area contributed by atoms with E-state index in [1.165, 1.54) is 5.56 Å². The molecule has 0 aliphatic rings. The van der Waals surface area contributed by atoms with Crippen molar-refractivity contribution >= 4 is 0 Å². The Morgan fingerprint density at radius 2 is 1.62 bits per heavy atom. The second-order valence-corrected chi connectivity index (χ2v) is 6.05. The second kappa shape index (κ2) is 9.33. The first kappa shape index (κ1) is 18.3. The fourth-order valence-electron chi connectivity index (χ4n) is 2.42. The van der Waals surface area contributed by atoms with Crippen LogP contribution in [0.3, 0.4) is 0 Å². The zero-order chi connectivity index (χ0) is 17.4.